The SMILES string of the molecule is NC(=O)[C@@H](Cc1ccc(N2CCOCC2)cc1)NC(=O)Nc1ccc(Cl)cc1. The summed E-state index contributed by atoms with van der Waals surface area (Å²) in [5, 5.41) is 5.85. The van der Waals surface area contributed by atoms with Crippen LogP contribution in [0.2, 0.25) is 5.02 Å². The lowest BCUT2D eigenvalue weighted by atomic mass is 10.0. The minimum atomic E-state index is -0.818. The van der Waals surface area contributed by atoms with Crippen LogP contribution in [0.4, 0.5) is 16.2 Å². The molecule has 0 spiro atoms. The number of carbonyl (C=O) groups excluding carboxylic acids is 2. The zero-order chi connectivity index (χ0) is 19.9. The van der Waals surface area contributed by atoms with Crippen LogP contribution in [0.3, 0.4) is 0 Å². The fourth-order valence-electron chi connectivity index (χ4n) is 2.98. The Hall–Kier alpha value is -2.77. The van der Waals surface area contributed by atoms with Gasteiger partial charge in [0, 0.05) is 35.9 Å². The van der Waals surface area contributed by atoms with Crippen molar-refractivity contribution in [1.82, 2.24) is 5.32 Å². The Kier molecular flexibility index (Phi) is 6.73. The van der Waals surface area contributed by atoms with Gasteiger partial charge < -0.3 is 26.0 Å². The van der Waals surface area contributed by atoms with E-state index in [2.05, 4.69) is 15.5 Å². The number of nitrogens with two attached hydrogens (primary N) is 1. The summed E-state index contributed by atoms with van der Waals surface area (Å²) in [4.78, 5) is 26.2. The fraction of sp³-hybridized carbons (Fsp3) is 0.300. The minimum absolute atomic E-state index is 0.312. The van der Waals surface area contributed by atoms with Gasteiger partial charge >= 0.3 is 6.03 Å². The van der Waals surface area contributed by atoms with Crippen LogP contribution in [0.15, 0.2) is 48.5 Å². The second kappa shape index (κ2) is 9.43. The molecule has 7 nitrogen and oxygen atoms in total. The van der Waals surface area contributed by atoms with Gasteiger partial charge in [-0.15, -0.1) is 0 Å². The molecule has 0 bridgehead atoms. The summed E-state index contributed by atoms with van der Waals surface area (Å²) in [5.41, 5.74) is 8.06. The summed E-state index contributed by atoms with van der Waals surface area (Å²) < 4.78 is 5.36. The summed E-state index contributed by atoms with van der Waals surface area (Å²) in [6.45, 7) is 3.15. The van der Waals surface area contributed by atoms with Gasteiger partial charge in [0.25, 0.3) is 0 Å². The van der Waals surface area contributed by atoms with Gasteiger partial charge in [0.2, 0.25) is 5.91 Å². The van der Waals surface area contributed by atoms with Crippen molar-refractivity contribution in [3.05, 3.63) is 59.1 Å². The predicted octanol–water partition coefficient (Wildman–Crippen LogP) is 2.39. The number of halogens is 1. The average Bonchev–Trinajstić information content (AvgIpc) is 2.70. The summed E-state index contributed by atoms with van der Waals surface area (Å²) in [6, 6.07) is 13.3. The van der Waals surface area contributed by atoms with Crippen molar-refractivity contribution in [2.45, 2.75) is 12.5 Å². The number of morpholine rings is 1. The van der Waals surface area contributed by atoms with Crippen LogP contribution >= 0.6 is 11.6 Å². The van der Waals surface area contributed by atoms with E-state index in [0.29, 0.717) is 17.1 Å². The second-order valence-corrected chi connectivity index (χ2v) is 6.97. The molecule has 1 fully saturated rings. The van der Waals surface area contributed by atoms with Gasteiger partial charge in [-0.2, -0.15) is 0 Å². The predicted molar refractivity (Wildman–Crippen MR) is 110 cm³/mol. The van der Waals surface area contributed by atoms with Gasteiger partial charge in [-0.25, -0.2) is 4.79 Å². The standard InChI is InChI=1S/C20H23ClN4O3/c21-15-3-5-16(6-4-15)23-20(27)24-18(19(22)26)13-14-1-7-17(8-2-14)25-9-11-28-12-10-25/h1-8,18H,9-13H2,(H2,22,26)(H2,23,24,27)/t18-/m1/s1. The van der Waals surface area contributed by atoms with Gasteiger partial charge in [-0.1, -0.05) is 23.7 Å². The highest BCUT2D eigenvalue weighted by Gasteiger charge is 2.19. The molecule has 3 rings (SSSR count). The first kappa shape index (κ1) is 20.0. The number of nitrogens with one attached hydrogen (secondary N) is 2. The number of carbonyl (C=O) groups is 2. The van der Waals surface area contributed by atoms with Gasteiger partial charge in [-0.05, 0) is 42.0 Å². The number of hydrogen-bond acceptors (Lipinski definition) is 4. The number of rotatable bonds is 6. The molecule has 1 saturated heterocycles. The molecule has 1 heterocycles. The molecular formula is C20H23ClN4O3. The molecular weight excluding hydrogens is 380 g/mol. The molecule has 1 atom stereocenters. The van der Waals surface area contributed by atoms with Crippen LogP contribution in [0.5, 0.6) is 0 Å². The lowest BCUT2D eigenvalue weighted by molar-refractivity contribution is -0.119. The smallest absolute Gasteiger partial charge is 0.319 e. The number of nitrogens with zero attached hydrogens (tertiary/aromatic N) is 1. The van der Waals surface area contributed by atoms with E-state index >= 15 is 0 Å². The minimum Gasteiger partial charge on any atom is -0.378 e. The third-order valence-electron chi connectivity index (χ3n) is 4.50. The highest BCUT2D eigenvalue weighted by atomic mass is 35.5. The molecule has 0 unspecified atom stereocenters. The third kappa shape index (κ3) is 5.61. The first-order valence-corrected chi connectivity index (χ1v) is 9.43. The van der Waals surface area contributed by atoms with Crippen LogP contribution in [0.25, 0.3) is 0 Å². The number of amides is 3. The van der Waals surface area contributed by atoms with Crippen LogP contribution in [-0.4, -0.2) is 44.3 Å². The molecule has 4 N–H and O–H groups in total. The Morgan fingerprint density at radius 2 is 1.71 bits per heavy atom. The number of hydrogen-bond donors (Lipinski definition) is 3. The quantitative estimate of drug-likeness (QED) is 0.691. The molecule has 0 aliphatic carbocycles. The zero-order valence-corrected chi connectivity index (χ0v) is 16.1. The van der Waals surface area contributed by atoms with E-state index < -0.39 is 18.0 Å². The van der Waals surface area contributed by atoms with E-state index in [0.717, 1.165) is 37.6 Å². The normalized spacial score (nSPS) is 15.0. The average molecular weight is 403 g/mol. The molecule has 2 aromatic carbocycles. The number of urea groups is 1. The third-order valence-corrected chi connectivity index (χ3v) is 4.76. The molecule has 2 aromatic rings. The van der Waals surface area contributed by atoms with Crippen molar-refractivity contribution in [3.63, 3.8) is 0 Å². The highest BCUT2D eigenvalue weighted by molar-refractivity contribution is 6.30. The molecule has 148 valence electrons. The summed E-state index contributed by atoms with van der Waals surface area (Å²) in [5.74, 6) is -0.594. The molecule has 1 aliphatic heterocycles. The van der Waals surface area contributed by atoms with Gasteiger partial charge in [0.1, 0.15) is 6.04 Å². The Morgan fingerprint density at radius 3 is 2.32 bits per heavy atom. The maximum atomic E-state index is 12.2. The van der Waals surface area contributed by atoms with Crippen LogP contribution < -0.4 is 21.3 Å². The first-order valence-electron chi connectivity index (χ1n) is 9.05. The van der Waals surface area contributed by atoms with Crippen molar-refractivity contribution >= 4 is 34.9 Å². The molecule has 28 heavy (non-hydrogen) atoms. The Labute approximate surface area is 168 Å². The van der Waals surface area contributed by atoms with Crippen LogP contribution in [-0.2, 0) is 16.0 Å². The monoisotopic (exact) mass is 402 g/mol. The number of benzene rings is 2. The fourth-order valence-corrected chi connectivity index (χ4v) is 3.11. The maximum Gasteiger partial charge on any atom is 0.319 e. The van der Waals surface area contributed by atoms with E-state index in [1.54, 1.807) is 24.3 Å². The van der Waals surface area contributed by atoms with Crippen molar-refractivity contribution in [2.24, 2.45) is 5.73 Å². The topological polar surface area (TPSA) is 96.7 Å². The van der Waals surface area contributed by atoms with Gasteiger partial charge in [0.05, 0.1) is 13.2 Å². The number of anilines is 2. The lowest BCUT2D eigenvalue weighted by Gasteiger charge is -2.29. The van der Waals surface area contributed by atoms with Crippen molar-refractivity contribution < 1.29 is 14.3 Å². The number of ether oxygens (including phenoxy) is 1. The van der Waals surface area contributed by atoms with Crippen LogP contribution in [0, 0.1) is 0 Å². The largest absolute Gasteiger partial charge is 0.378 e. The molecule has 1 aliphatic rings. The van der Waals surface area contributed by atoms with E-state index in [1.165, 1.54) is 0 Å². The van der Waals surface area contributed by atoms with E-state index in [1.807, 2.05) is 24.3 Å². The number of primary amides is 1. The molecule has 0 aromatic heterocycles. The van der Waals surface area contributed by atoms with Gasteiger partial charge in [0.15, 0.2) is 0 Å². The molecule has 3 amide bonds. The van der Waals surface area contributed by atoms with E-state index in [9.17, 15) is 9.59 Å². The van der Waals surface area contributed by atoms with Crippen LogP contribution in [0.1, 0.15) is 5.56 Å². The molecule has 0 saturated carbocycles. The summed E-state index contributed by atoms with van der Waals surface area (Å²) >= 11 is 5.83. The molecule has 0 radical (unpaired) electrons. The molecule has 8 heteroatoms. The van der Waals surface area contributed by atoms with E-state index in [4.69, 9.17) is 22.1 Å². The lowest BCUT2D eigenvalue weighted by Crippen LogP contribution is -2.47. The Morgan fingerprint density at radius 1 is 1.07 bits per heavy atom. The maximum absolute atomic E-state index is 12.2. The Bertz CT molecular complexity index is 805. The highest BCUT2D eigenvalue weighted by Crippen LogP contribution is 2.18. The van der Waals surface area contributed by atoms with Gasteiger partial charge in [-0.3, -0.25) is 4.79 Å². The summed E-state index contributed by atoms with van der Waals surface area (Å²) in [6.07, 6.45) is 0.312. The summed E-state index contributed by atoms with van der Waals surface area (Å²) in [7, 11) is 0. The van der Waals surface area contributed by atoms with Crippen molar-refractivity contribution in [1.29, 1.82) is 0 Å². The first-order chi connectivity index (χ1) is 13.5. The van der Waals surface area contributed by atoms with E-state index in [-0.39, 0.29) is 0 Å². The zero-order valence-electron chi connectivity index (χ0n) is 15.4. The van der Waals surface area contributed by atoms with Crippen molar-refractivity contribution in [3.8, 4) is 0 Å². The Balaban J connectivity index is 1.58. The second-order valence-electron chi connectivity index (χ2n) is 6.53. The van der Waals surface area contributed by atoms with Crippen molar-refractivity contribution in [2.75, 3.05) is 36.5 Å².